The van der Waals surface area contributed by atoms with Crippen LogP contribution in [0.4, 0.5) is 11.8 Å². The molecule has 0 aliphatic carbocycles. The number of nitrogens with zero attached hydrogens (tertiary/aromatic N) is 3. The number of aryl methyl sites for hydroxylation is 1. The highest BCUT2D eigenvalue weighted by Gasteiger charge is 2.24. The van der Waals surface area contributed by atoms with Crippen LogP contribution < -0.4 is 10.2 Å². The fraction of sp³-hybridized carbons (Fsp3) is 0.474. The second-order valence-corrected chi connectivity index (χ2v) is 6.64. The molecule has 1 aromatic heterocycles. The molecule has 1 aliphatic heterocycles. The highest BCUT2D eigenvalue weighted by atomic mass is 15.2. The first-order chi connectivity index (χ1) is 11.1. The zero-order valence-electron chi connectivity index (χ0n) is 14.5. The predicted molar refractivity (Wildman–Crippen MR) is 96.0 cm³/mol. The zero-order chi connectivity index (χ0) is 16.4. The quantitative estimate of drug-likeness (QED) is 0.932. The average molecular weight is 310 g/mol. The van der Waals surface area contributed by atoms with Crippen LogP contribution in [-0.4, -0.2) is 22.1 Å². The molecule has 4 nitrogen and oxygen atoms in total. The van der Waals surface area contributed by atoms with E-state index < -0.39 is 0 Å². The van der Waals surface area contributed by atoms with E-state index in [0.29, 0.717) is 12.1 Å². The first-order valence-electron chi connectivity index (χ1n) is 8.54. The molecule has 0 saturated heterocycles. The monoisotopic (exact) mass is 310 g/mol. The van der Waals surface area contributed by atoms with Gasteiger partial charge in [0.25, 0.3) is 0 Å². The number of hydrogen-bond acceptors (Lipinski definition) is 4. The summed E-state index contributed by atoms with van der Waals surface area (Å²) >= 11 is 0. The van der Waals surface area contributed by atoms with Crippen LogP contribution in [0.5, 0.6) is 0 Å². The molecule has 0 unspecified atom stereocenters. The Hall–Kier alpha value is -2.10. The van der Waals surface area contributed by atoms with E-state index in [4.69, 9.17) is 4.98 Å². The molecule has 0 saturated carbocycles. The van der Waals surface area contributed by atoms with Gasteiger partial charge in [-0.1, -0.05) is 31.2 Å². The van der Waals surface area contributed by atoms with Crippen molar-refractivity contribution in [2.75, 3.05) is 10.2 Å². The van der Waals surface area contributed by atoms with Crippen LogP contribution in [0.2, 0.25) is 0 Å². The molecule has 0 spiro atoms. The van der Waals surface area contributed by atoms with E-state index in [2.05, 4.69) is 73.2 Å². The van der Waals surface area contributed by atoms with Crippen LogP contribution in [0.25, 0.3) is 0 Å². The Morgan fingerprint density at radius 2 is 1.96 bits per heavy atom. The van der Waals surface area contributed by atoms with Gasteiger partial charge >= 0.3 is 0 Å². The molecular formula is C19H26N4. The van der Waals surface area contributed by atoms with Gasteiger partial charge in [-0.15, -0.1) is 0 Å². The molecular weight excluding hydrogens is 284 g/mol. The maximum atomic E-state index is 4.77. The van der Waals surface area contributed by atoms with Crippen LogP contribution in [0.3, 0.4) is 0 Å². The van der Waals surface area contributed by atoms with E-state index in [1.54, 1.807) is 0 Å². The SMILES string of the molecule is CCc1cc(N2Cc3ccccc3C[C@@H]2C)nc(NC(C)C)n1. The van der Waals surface area contributed by atoms with Gasteiger partial charge in [-0.2, -0.15) is 4.98 Å². The topological polar surface area (TPSA) is 41.1 Å². The summed E-state index contributed by atoms with van der Waals surface area (Å²) in [5, 5.41) is 3.34. The lowest BCUT2D eigenvalue weighted by Crippen LogP contribution is -2.39. The Labute approximate surface area is 139 Å². The zero-order valence-corrected chi connectivity index (χ0v) is 14.5. The summed E-state index contributed by atoms with van der Waals surface area (Å²) < 4.78 is 0. The third-order valence-electron chi connectivity index (χ3n) is 4.35. The van der Waals surface area contributed by atoms with Crippen LogP contribution in [0, 0.1) is 0 Å². The number of aromatic nitrogens is 2. The van der Waals surface area contributed by atoms with Gasteiger partial charge in [-0.25, -0.2) is 4.98 Å². The van der Waals surface area contributed by atoms with Crippen molar-refractivity contribution in [1.29, 1.82) is 0 Å². The Kier molecular flexibility index (Phi) is 4.51. The standard InChI is InChI=1S/C19H26N4/c1-5-17-11-18(22-19(21-17)20-13(2)3)23-12-16-9-7-6-8-15(16)10-14(23)4/h6-9,11,13-14H,5,10,12H2,1-4H3,(H,20,21,22)/t14-/m0/s1. The molecule has 0 amide bonds. The van der Waals surface area contributed by atoms with Crippen molar-refractivity contribution in [2.45, 2.75) is 59.2 Å². The van der Waals surface area contributed by atoms with E-state index in [0.717, 1.165) is 36.8 Å². The largest absolute Gasteiger partial charge is 0.352 e. The van der Waals surface area contributed by atoms with Crippen molar-refractivity contribution in [3.05, 3.63) is 47.2 Å². The number of nitrogens with one attached hydrogen (secondary N) is 1. The lowest BCUT2D eigenvalue weighted by molar-refractivity contribution is 0.586. The van der Waals surface area contributed by atoms with Crippen molar-refractivity contribution >= 4 is 11.8 Å². The normalized spacial score (nSPS) is 17.3. The van der Waals surface area contributed by atoms with Gasteiger partial charge in [0.15, 0.2) is 0 Å². The van der Waals surface area contributed by atoms with Crippen LogP contribution in [-0.2, 0) is 19.4 Å². The first-order valence-corrected chi connectivity index (χ1v) is 8.54. The van der Waals surface area contributed by atoms with Gasteiger partial charge in [-0.05, 0) is 44.7 Å². The summed E-state index contributed by atoms with van der Waals surface area (Å²) in [6.07, 6.45) is 1.98. The van der Waals surface area contributed by atoms with Crippen molar-refractivity contribution in [1.82, 2.24) is 9.97 Å². The van der Waals surface area contributed by atoms with Gasteiger partial charge in [0.2, 0.25) is 5.95 Å². The summed E-state index contributed by atoms with van der Waals surface area (Å²) in [5.41, 5.74) is 3.95. The highest BCUT2D eigenvalue weighted by molar-refractivity contribution is 5.49. The van der Waals surface area contributed by atoms with Gasteiger partial charge in [0.05, 0.1) is 0 Å². The summed E-state index contributed by atoms with van der Waals surface area (Å²) in [7, 11) is 0. The van der Waals surface area contributed by atoms with E-state index in [-0.39, 0.29) is 0 Å². The van der Waals surface area contributed by atoms with Crippen molar-refractivity contribution in [3.8, 4) is 0 Å². The molecule has 2 heterocycles. The Balaban J connectivity index is 1.94. The van der Waals surface area contributed by atoms with Crippen molar-refractivity contribution in [3.63, 3.8) is 0 Å². The molecule has 1 N–H and O–H groups in total. The molecule has 1 aromatic carbocycles. The van der Waals surface area contributed by atoms with E-state index in [9.17, 15) is 0 Å². The van der Waals surface area contributed by atoms with E-state index in [1.165, 1.54) is 11.1 Å². The van der Waals surface area contributed by atoms with Crippen molar-refractivity contribution < 1.29 is 0 Å². The van der Waals surface area contributed by atoms with Gasteiger partial charge < -0.3 is 10.2 Å². The molecule has 1 aliphatic rings. The maximum absolute atomic E-state index is 4.77. The minimum absolute atomic E-state index is 0.328. The number of hydrogen-bond donors (Lipinski definition) is 1. The number of benzene rings is 1. The Morgan fingerprint density at radius 3 is 2.65 bits per heavy atom. The number of fused-ring (bicyclic) bond motifs is 1. The molecule has 3 rings (SSSR count). The molecule has 23 heavy (non-hydrogen) atoms. The molecule has 1 atom stereocenters. The summed E-state index contributed by atoms with van der Waals surface area (Å²) in [5.74, 6) is 1.77. The molecule has 0 bridgehead atoms. The summed E-state index contributed by atoms with van der Waals surface area (Å²) in [6, 6.07) is 11.6. The molecule has 0 radical (unpaired) electrons. The lowest BCUT2D eigenvalue weighted by atomic mass is 9.95. The van der Waals surface area contributed by atoms with Crippen LogP contribution in [0.15, 0.2) is 30.3 Å². The Morgan fingerprint density at radius 1 is 1.22 bits per heavy atom. The van der Waals surface area contributed by atoms with Crippen LogP contribution >= 0.6 is 0 Å². The lowest BCUT2D eigenvalue weighted by Gasteiger charge is -2.36. The Bertz CT molecular complexity index is 681. The first kappa shape index (κ1) is 15.8. The minimum atomic E-state index is 0.328. The van der Waals surface area contributed by atoms with Gasteiger partial charge in [0, 0.05) is 30.4 Å². The fourth-order valence-electron chi connectivity index (χ4n) is 3.12. The molecule has 4 heteroatoms. The predicted octanol–water partition coefficient (Wildman–Crippen LogP) is 3.81. The highest BCUT2D eigenvalue weighted by Crippen LogP contribution is 2.28. The second-order valence-electron chi connectivity index (χ2n) is 6.64. The smallest absolute Gasteiger partial charge is 0.225 e. The third kappa shape index (κ3) is 3.46. The summed E-state index contributed by atoms with van der Waals surface area (Å²) in [6.45, 7) is 9.56. The third-order valence-corrected chi connectivity index (χ3v) is 4.35. The molecule has 122 valence electrons. The molecule has 2 aromatic rings. The number of anilines is 2. The van der Waals surface area contributed by atoms with Gasteiger partial charge in [0.1, 0.15) is 5.82 Å². The van der Waals surface area contributed by atoms with Crippen LogP contribution in [0.1, 0.15) is 44.5 Å². The fourth-order valence-corrected chi connectivity index (χ4v) is 3.12. The second kappa shape index (κ2) is 6.57. The van der Waals surface area contributed by atoms with Gasteiger partial charge in [-0.3, -0.25) is 0 Å². The van der Waals surface area contributed by atoms with E-state index >= 15 is 0 Å². The van der Waals surface area contributed by atoms with Crippen molar-refractivity contribution in [2.24, 2.45) is 0 Å². The molecule has 0 fully saturated rings. The minimum Gasteiger partial charge on any atom is -0.352 e. The maximum Gasteiger partial charge on any atom is 0.225 e. The summed E-state index contributed by atoms with van der Waals surface area (Å²) in [4.78, 5) is 11.8. The average Bonchev–Trinajstić information content (AvgIpc) is 2.53. The number of rotatable bonds is 4. The van der Waals surface area contributed by atoms with E-state index in [1.807, 2.05) is 0 Å².